The lowest BCUT2D eigenvalue weighted by atomic mass is 9.79. The number of carbonyl (C=O) groups excluding carboxylic acids is 1. The number of ether oxygens (including phenoxy) is 1. The third-order valence-electron chi connectivity index (χ3n) is 4.45. The zero-order valence-electron chi connectivity index (χ0n) is 13.2. The van der Waals surface area contributed by atoms with Gasteiger partial charge in [-0.05, 0) is 30.4 Å². The lowest BCUT2D eigenvalue weighted by Gasteiger charge is -2.34. The summed E-state index contributed by atoms with van der Waals surface area (Å²) in [6, 6.07) is 2.97. The van der Waals surface area contributed by atoms with Crippen LogP contribution in [0.25, 0.3) is 0 Å². The highest BCUT2D eigenvalue weighted by Crippen LogP contribution is 2.47. The van der Waals surface area contributed by atoms with Gasteiger partial charge in [0.05, 0.1) is 5.54 Å². The van der Waals surface area contributed by atoms with E-state index in [4.69, 9.17) is 0 Å². The van der Waals surface area contributed by atoms with Gasteiger partial charge in [0.1, 0.15) is 0 Å². The van der Waals surface area contributed by atoms with Crippen molar-refractivity contribution in [3.8, 4) is 5.88 Å². The van der Waals surface area contributed by atoms with Crippen molar-refractivity contribution in [2.75, 3.05) is 6.61 Å². The minimum atomic E-state index is -4.46. The summed E-state index contributed by atoms with van der Waals surface area (Å²) in [4.78, 5) is 15.8. The molecule has 1 N–H and O–H groups in total. The number of nitrogens with one attached hydrogen (secondary N) is 1. The van der Waals surface area contributed by atoms with Crippen LogP contribution < -0.4 is 10.1 Å². The van der Waals surface area contributed by atoms with Gasteiger partial charge in [-0.3, -0.25) is 4.79 Å². The van der Waals surface area contributed by atoms with Gasteiger partial charge < -0.3 is 10.1 Å². The molecule has 2 aliphatic carbocycles. The predicted octanol–water partition coefficient (Wildman–Crippen LogP) is 3.56. The minimum absolute atomic E-state index is 0.0276. The summed E-state index contributed by atoms with van der Waals surface area (Å²) in [7, 11) is 0. The van der Waals surface area contributed by atoms with E-state index in [-0.39, 0.29) is 37.0 Å². The molecule has 1 aromatic rings. The van der Waals surface area contributed by atoms with Gasteiger partial charge in [0.25, 0.3) is 0 Å². The fraction of sp³-hybridized carbons (Fsp3) is 0.625. The molecule has 9 heteroatoms. The van der Waals surface area contributed by atoms with Gasteiger partial charge in [0, 0.05) is 31.5 Å². The summed E-state index contributed by atoms with van der Waals surface area (Å²) in [5, 5.41) is 2.82. The van der Waals surface area contributed by atoms with Gasteiger partial charge in [-0.15, -0.1) is 0 Å². The Kier molecular flexibility index (Phi) is 4.36. The van der Waals surface area contributed by atoms with E-state index < -0.39 is 24.2 Å². The van der Waals surface area contributed by atoms with Crippen LogP contribution in [-0.2, 0) is 10.3 Å². The van der Waals surface area contributed by atoms with Crippen molar-refractivity contribution in [3.05, 3.63) is 23.9 Å². The summed E-state index contributed by atoms with van der Waals surface area (Å²) >= 11 is 0. The van der Waals surface area contributed by atoms with Crippen molar-refractivity contribution in [3.63, 3.8) is 0 Å². The zero-order chi connectivity index (χ0) is 18.3. The molecule has 0 saturated heterocycles. The Labute approximate surface area is 140 Å². The molecule has 2 aliphatic rings. The van der Waals surface area contributed by atoms with Crippen molar-refractivity contribution in [1.29, 1.82) is 0 Å². The molecule has 0 bridgehead atoms. The molecule has 25 heavy (non-hydrogen) atoms. The summed E-state index contributed by atoms with van der Waals surface area (Å²) in [6.45, 7) is -1.45. The maximum absolute atomic E-state index is 12.8. The standard InChI is InChI=1S/C16H17F5N2O2/c17-15(18)7-10(8-15)5-12(24)23-14(2-3-14)11-1-4-22-13(6-11)25-9-16(19,20)21/h1,4,6,10H,2-3,5,7-9H2,(H,23,24). The molecule has 3 rings (SSSR count). The second-order valence-corrected chi connectivity index (χ2v) is 6.75. The second-order valence-electron chi connectivity index (χ2n) is 6.75. The maximum atomic E-state index is 12.8. The van der Waals surface area contributed by atoms with Crippen molar-refractivity contribution in [2.45, 2.75) is 49.7 Å². The van der Waals surface area contributed by atoms with E-state index in [9.17, 15) is 26.7 Å². The molecule has 1 aromatic heterocycles. The zero-order valence-corrected chi connectivity index (χ0v) is 13.2. The normalized spacial score (nSPS) is 21.3. The molecule has 0 aliphatic heterocycles. The first-order chi connectivity index (χ1) is 11.6. The molecule has 0 spiro atoms. The monoisotopic (exact) mass is 364 g/mol. The Bertz CT molecular complexity index is 650. The molecule has 1 heterocycles. The number of halogens is 5. The van der Waals surface area contributed by atoms with E-state index in [1.807, 2.05) is 0 Å². The fourth-order valence-electron chi connectivity index (χ4n) is 3.06. The summed E-state index contributed by atoms with van der Waals surface area (Å²) < 4.78 is 66.9. The Morgan fingerprint density at radius 1 is 1.32 bits per heavy atom. The highest BCUT2D eigenvalue weighted by molar-refractivity contribution is 5.78. The molecule has 0 radical (unpaired) electrons. The quantitative estimate of drug-likeness (QED) is 0.786. The summed E-state index contributed by atoms with van der Waals surface area (Å²) in [5.74, 6) is -3.49. The third kappa shape index (κ3) is 4.58. The van der Waals surface area contributed by atoms with Gasteiger partial charge in [-0.1, -0.05) is 0 Å². The summed E-state index contributed by atoms with van der Waals surface area (Å²) in [5.41, 5.74) is -0.0604. The molecular formula is C16H17F5N2O2. The number of aromatic nitrogens is 1. The van der Waals surface area contributed by atoms with Crippen LogP contribution in [0.2, 0.25) is 0 Å². The highest BCUT2D eigenvalue weighted by atomic mass is 19.4. The van der Waals surface area contributed by atoms with Crippen molar-refractivity contribution in [1.82, 2.24) is 10.3 Å². The van der Waals surface area contributed by atoms with Crippen LogP contribution in [-0.4, -0.2) is 29.6 Å². The Hall–Kier alpha value is -1.93. The first-order valence-electron chi connectivity index (χ1n) is 7.92. The maximum Gasteiger partial charge on any atom is 0.422 e. The number of nitrogens with zero attached hydrogens (tertiary/aromatic N) is 1. The Morgan fingerprint density at radius 2 is 2.00 bits per heavy atom. The average molecular weight is 364 g/mol. The van der Waals surface area contributed by atoms with E-state index in [0.717, 1.165) is 0 Å². The van der Waals surface area contributed by atoms with E-state index in [2.05, 4.69) is 15.0 Å². The fourth-order valence-corrected chi connectivity index (χ4v) is 3.06. The number of pyridine rings is 1. The molecule has 138 valence electrons. The first-order valence-corrected chi connectivity index (χ1v) is 7.92. The van der Waals surface area contributed by atoms with E-state index in [1.165, 1.54) is 12.3 Å². The van der Waals surface area contributed by atoms with Crippen LogP contribution in [0.3, 0.4) is 0 Å². The van der Waals surface area contributed by atoms with E-state index in [0.29, 0.717) is 18.4 Å². The van der Waals surface area contributed by atoms with Gasteiger partial charge in [-0.2, -0.15) is 13.2 Å². The van der Waals surface area contributed by atoms with Gasteiger partial charge in [-0.25, -0.2) is 13.8 Å². The molecular weight excluding hydrogens is 347 g/mol. The lowest BCUT2D eigenvalue weighted by molar-refractivity contribution is -0.154. The van der Waals surface area contributed by atoms with Crippen molar-refractivity contribution >= 4 is 5.91 Å². The molecule has 1 amide bonds. The first kappa shape index (κ1) is 17.9. The van der Waals surface area contributed by atoms with Crippen LogP contribution >= 0.6 is 0 Å². The van der Waals surface area contributed by atoms with Crippen LogP contribution in [0.1, 0.15) is 37.7 Å². The Morgan fingerprint density at radius 3 is 2.56 bits per heavy atom. The smallest absolute Gasteiger partial charge is 0.422 e. The number of rotatable bonds is 6. The van der Waals surface area contributed by atoms with E-state index in [1.54, 1.807) is 6.07 Å². The Balaban J connectivity index is 1.58. The molecule has 2 fully saturated rings. The average Bonchev–Trinajstić information content (AvgIpc) is 3.23. The lowest BCUT2D eigenvalue weighted by Crippen LogP contribution is -2.41. The highest BCUT2D eigenvalue weighted by Gasteiger charge is 2.49. The third-order valence-corrected chi connectivity index (χ3v) is 4.45. The number of carbonyl (C=O) groups is 1. The molecule has 0 unspecified atom stereocenters. The number of amides is 1. The summed E-state index contributed by atoms with van der Waals surface area (Å²) in [6.07, 6.45) is -2.42. The predicted molar refractivity (Wildman–Crippen MR) is 77.1 cm³/mol. The number of hydrogen-bond donors (Lipinski definition) is 1. The molecule has 0 atom stereocenters. The molecule has 2 saturated carbocycles. The van der Waals surface area contributed by atoms with Crippen LogP contribution in [0.5, 0.6) is 5.88 Å². The van der Waals surface area contributed by atoms with Crippen LogP contribution in [0, 0.1) is 5.92 Å². The molecule has 0 aromatic carbocycles. The largest absolute Gasteiger partial charge is 0.468 e. The van der Waals surface area contributed by atoms with Gasteiger partial charge >= 0.3 is 6.18 Å². The van der Waals surface area contributed by atoms with Crippen molar-refractivity contribution < 1.29 is 31.5 Å². The number of alkyl halides is 5. The topological polar surface area (TPSA) is 51.2 Å². The number of hydrogen-bond acceptors (Lipinski definition) is 3. The van der Waals surface area contributed by atoms with Gasteiger partial charge in [0.2, 0.25) is 17.7 Å². The van der Waals surface area contributed by atoms with Crippen LogP contribution in [0.15, 0.2) is 18.3 Å². The van der Waals surface area contributed by atoms with Crippen molar-refractivity contribution in [2.24, 2.45) is 5.92 Å². The SMILES string of the molecule is O=C(CC1CC(F)(F)C1)NC1(c2ccnc(OCC(F)(F)F)c2)CC1. The van der Waals surface area contributed by atoms with E-state index >= 15 is 0 Å². The minimum Gasteiger partial charge on any atom is -0.468 e. The second kappa shape index (κ2) is 6.10. The molecule has 4 nitrogen and oxygen atoms in total. The van der Waals surface area contributed by atoms with Gasteiger partial charge in [0.15, 0.2) is 6.61 Å². The van der Waals surface area contributed by atoms with Crippen LogP contribution in [0.4, 0.5) is 22.0 Å².